The molecule has 0 bridgehead atoms. The molecule has 1 aromatic heterocycles. The lowest BCUT2D eigenvalue weighted by Gasteiger charge is -2.09. The van der Waals surface area contributed by atoms with Gasteiger partial charge in [-0.25, -0.2) is 4.98 Å². The number of nitrogens with one attached hydrogen (secondary N) is 2. The van der Waals surface area contributed by atoms with Crippen LogP contribution in [0.1, 0.15) is 5.56 Å². The van der Waals surface area contributed by atoms with E-state index in [0.717, 1.165) is 15.8 Å². The Bertz CT molecular complexity index is 873. The molecule has 0 atom stereocenters. The van der Waals surface area contributed by atoms with Crippen LogP contribution in [0.25, 0.3) is 0 Å². The number of nitrogens with zero attached hydrogens (tertiary/aromatic N) is 3. The lowest BCUT2D eigenvalue weighted by molar-refractivity contribution is 1.16. The molecule has 3 rings (SSSR count). The minimum Gasteiger partial charge on any atom is -0.340 e. The number of anilines is 4. The zero-order chi connectivity index (χ0) is 16.1. The summed E-state index contributed by atoms with van der Waals surface area (Å²) in [4.78, 5) is 8.63. The van der Waals surface area contributed by atoms with E-state index in [9.17, 15) is 0 Å². The number of halogens is 1. The van der Waals surface area contributed by atoms with E-state index < -0.39 is 0 Å². The van der Waals surface area contributed by atoms with Gasteiger partial charge in [-0.2, -0.15) is 10.2 Å². The van der Waals surface area contributed by atoms with Crippen LogP contribution in [0, 0.1) is 11.3 Å². The monoisotopic (exact) mass is 365 g/mol. The van der Waals surface area contributed by atoms with Crippen LogP contribution in [0.15, 0.2) is 65.3 Å². The van der Waals surface area contributed by atoms with Crippen molar-refractivity contribution < 1.29 is 0 Å². The quantitative estimate of drug-likeness (QED) is 0.706. The van der Waals surface area contributed by atoms with E-state index >= 15 is 0 Å². The molecule has 0 amide bonds. The van der Waals surface area contributed by atoms with Crippen molar-refractivity contribution in [1.82, 2.24) is 9.97 Å². The molecule has 0 radical (unpaired) electrons. The first kappa shape index (κ1) is 15.0. The molecule has 112 valence electrons. The van der Waals surface area contributed by atoms with Gasteiger partial charge in [0.15, 0.2) is 0 Å². The summed E-state index contributed by atoms with van der Waals surface area (Å²) in [6.45, 7) is 0. The van der Waals surface area contributed by atoms with Gasteiger partial charge in [-0.15, -0.1) is 0 Å². The van der Waals surface area contributed by atoms with Crippen molar-refractivity contribution in [2.75, 3.05) is 10.6 Å². The summed E-state index contributed by atoms with van der Waals surface area (Å²) in [6, 6.07) is 18.9. The van der Waals surface area contributed by atoms with Gasteiger partial charge in [-0.05, 0) is 42.5 Å². The highest BCUT2D eigenvalue weighted by atomic mass is 79.9. The van der Waals surface area contributed by atoms with Gasteiger partial charge >= 0.3 is 0 Å². The van der Waals surface area contributed by atoms with E-state index in [1.807, 2.05) is 36.4 Å². The highest BCUT2D eigenvalue weighted by Crippen LogP contribution is 2.20. The van der Waals surface area contributed by atoms with E-state index in [-0.39, 0.29) is 0 Å². The number of benzene rings is 2. The lowest BCUT2D eigenvalue weighted by Crippen LogP contribution is -2.00. The van der Waals surface area contributed by atoms with Crippen LogP contribution >= 0.6 is 15.9 Å². The van der Waals surface area contributed by atoms with Crippen LogP contribution in [0.2, 0.25) is 0 Å². The van der Waals surface area contributed by atoms with E-state index in [0.29, 0.717) is 17.3 Å². The Morgan fingerprint density at radius 3 is 2.52 bits per heavy atom. The highest BCUT2D eigenvalue weighted by Gasteiger charge is 2.02. The molecule has 0 fully saturated rings. The fourth-order valence-electron chi connectivity index (χ4n) is 2.00. The fourth-order valence-corrected chi connectivity index (χ4v) is 2.40. The first-order chi connectivity index (χ1) is 11.2. The number of hydrogen-bond acceptors (Lipinski definition) is 5. The van der Waals surface area contributed by atoms with Crippen molar-refractivity contribution in [2.45, 2.75) is 0 Å². The van der Waals surface area contributed by atoms with Crippen LogP contribution in [0.4, 0.5) is 23.1 Å². The number of hydrogen-bond donors (Lipinski definition) is 2. The highest BCUT2D eigenvalue weighted by molar-refractivity contribution is 9.10. The molecule has 0 aliphatic carbocycles. The Morgan fingerprint density at radius 2 is 1.74 bits per heavy atom. The second-order valence-corrected chi connectivity index (χ2v) is 5.63. The molecule has 1 heterocycles. The van der Waals surface area contributed by atoms with Crippen LogP contribution in [-0.4, -0.2) is 9.97 Å². The molecule has 0 saturated heterocycles. The first-order valence-electron chi connectivity index (χ1n) is 6.86. The molecule has 0 aliphatic rings. The number of aromatic nitrogens is 2. The maximum absolute atomic E-state index is 8.94. The van der Waals surface area contributed by atoms with E-state index in [1.54, 1.807) is 24.4 Å². The molecule has 2 N–H and O–H groups in total. The third-order valence-corrected chi connectivity index (χ3v) is 3.49. The Labute approximate surface area is 142 Å². The summed E-state index contributed by atoms with van der Waals surface area (Å²) in [5, 5.41) is 15.3. The third kappa shape index (κ3) is 4.05. The van der Waals surface area contributed by atoms with Gasteiger partial charge in [0, 0.05) is 22.0 Å². The molecule has 6 heteroatoms. The Morgan fingerprint density at radius 1 is 0.957 bits per heavy atom. The van der Waals surface area contributed by atoms with Gasteiger partial charge in [0.2, 0.25) is 5.95 Å². The predicted octanol–water partition coefficient (Wildman–Crippen LogP) is 4.60. The fraction of sp³-hybridized carbons (Fsp3) is 0. The minimum atomic E-state index is 0.490. The Hall–Kier alpha value is -2.91. The molecule has 0 aliphatic heterocycles. The summed E-state index contributed by atoms with van der Waals surface area (Å²) in [5.74, 6) is 1.14. The average molecular weight is 366 g/mol. The predicted molar refractivity (Wildman–Crippen MR) is 93.9 cm³/mol. The molecular formula is C17H12BrN5. The van der Waals surface area contributed by atoms with Gasteiger partial charge in [0.25, 0.3) is 0 Å². The summed E-state index contributed by atoms with van der Waals surface area (Å²) in [7, 11) is 0. The van der Waals surface area contributed by atoms with E-state index in [2.05, 4.69) is 42.6 Å². The van der Waals surface area contributed by atoms with Gasteiger partial charge in [-0.3, -0.25) is 0 Å². The topological polar surface area (TPSA) is 73.6 Å². The second-order valence-electron chi connectivity index (χ2n) is 4.72. The van der Waals surface area contributed by atoms with Crippen LogP contribution in [0.5, 0.6) is 0 Å². The van der Waals surface area contributed by atoms with Gasteiger partial charge in [-0.1, -0.05) is 28.1 Å². The molecule has 0 saturated carbocycles. The first-order valence-corrected chi connectivity index (χ1v) is 7.65. The zero-order valence-electron chi connectivity index (χ0n) is 12.0. The largest absolute Gasteiger partial charge is 0.340 e. The van der Waals surface area contributed by atoms with Crippen molar-refractivity contribution in [3.8, 4) is 6.07 Å². The van der Waals surface area contributed by atoms with Crippen LogP contribution < -0.4 is 10.6 Å². The molecular weight excluding hydrogens is 354 g/mol. The van der Waals surface area contributed by atoms with E-state index in [4.69, 9.17) is 5.26 Å². The maximum atomic E-state index is 8.94. The normalized spacial score (nSPS) is 9.91. The Kier molecular flexibility index (Phi) is 4.50. The maximum Gasteiger partial charge on any atom is 0.229 e. The van der Waals surface area contributed by atoms with Gasteiger partial charge in [0.1, 0.15) is 5.82 Å². The van der Waals surface area contributed by atoms with Crippen molar-refractivity contribution in [1.29, 1.82) is 5.26 Å². The van der Waals surface area contributed by atoms with Crippen molar-refractivity contribution in [3.05, 3.63) is 70.8 Å². The summed E-state index contributed by atoms with van der Waals surface area (Å²) in [5.41, 5.74) is 2.29. The number of nitriles is 1. The van der Waals surface area contributed by atoms with Crippen LogP contribution in [0.3, 0.4) is 0 Å². The second kappa shape index (κ2) is 6.90. The molecule has 2 aromatic carbocycles. The molecule has 23 heavy (non-hydrogen) atoms. The lowest BCUT2D eigenvalue weighted by atomic mass is 10.2. The molecule has 0 unspecified atom stereocenters. The summed E-state index contributed by atoms with van der Waals surface area (Å²) < 4.78 is 0.977. The zero-order valence-corrected chi connectivity index (χ0v) is 13.6. The average Bonchev–Trinajstić information content (AvgIpc) is 2.55. The van der Waals surface area contributed by atoms with Crippen molar-refractivity contribution in [2.24, 2.45) is 0 Å². The molecule has 0 spiro atoms. The third-order valence-electron chi connectivity index (χ3n) is 3.00. The molecule has 3 aromatic rings. The van der Waals surface area contributed by atoms with Crippen molar-refractivity contribution in [3.63, 3.8) is 0 Å². The SMILES string of the molecule is N#Cc1cccc(Nc2ccnc(Nc3cccc(Br)c3)n2)c1. The standard InChI is InChI=1S/C17H12BrN5/c18-13-4-2-6-15(10-13)22-17-20-8-7-16(23-17)21-14-5-1-3-12(9-14)11-19/h1-10H,(H2,20,21,22,23). The summed E-state index contributed by atoms with van der Waals surface area (Å²) in [6.07, 6.45) is 1.67. The summed E-state index contributed by atoms with van der Waals surface area (Å²) >= 11 is 3.43. The van der Waals surface area contributed by atoms with Gasteiger partial charge < -0.3 is 10.6 Å². The molecule has 5 nitrogen and oxygen atoms in total. The minimum absolute atomic E-state index is 0.490. The van der Waals surface area contributed by atoms with Gasteiger partial charge in [0.05, 0.1) is 11.6 Å². The van der Waals surface area contributed by atoms with Crippen molar-refractivity contribution >= 4 is 39.1 Å². The number of rotatable bonds is 4. The van der Waals surface area contributed by atoms with Crippen LogP contribution in [-0.2, 0) is 0 Å². The Balaban J connectivity index is 1.78. The van der Waals surface area contributed by atoms with E-state index in [1.165, 1.54) is 0 Å². The smallest absolute Gasteiger partial charge is 0.229 e.